The first-order valence-electron chi connectivity index (χ1n) is 5.49. The van der Waals surface area contributed by atoms with Crippen LogP contribution in [0.25, 0.3) is 0 Å². The standard InChI is InChI=1S/C11H13N3O6/c12-8(15)5-14(6-10(17)18)9(16)4-13-11(19)7-2-1-3-20-7/h1-3H,4-6H2,(H2,12,15)(H,13,19)(H,17,18). The molecule has 4 N–H and O–H groups in total. The lowest BCUT2D eigenvalue weighted by Crippen LogP contribution is -2.46. The second kappa shape index (κ2) is 6.92. The summed E-state index contributed by atoms with van der Waals surface area (Å²) in [5.41, 5.74) is 4.91. The van der Waals surface area contributed by atoms with Crippen LogP contribution in [0, 0.1) is 0 Å². The Morgan fingerprint density at radius 2 is 2.00 bits per heavy atom. The largest absolute Gasteiger partial charge is 0.480 e. The first-order chi connectivity index (χ1) is 9.40. The van der Waals surface area contributed by atoms with Gasteiger partial charge in [0.25, 0.3) is 5.91 Å². The molecule has 1 aromatic heterocycles. The molecule has 0 aliphatic heterocycles. The number of nitrogens with two attached hydrogens (primary N) is 1. The molecule has 0 saturated heterocycles. The van der Waals surface area contributed by atoms with Gasteiger partial charge < -0.3 is 25.5 Å². The highest BCUT2D eigenvalue weighted by Crippen LogP contribution is 1.99. The minimum absolute atomic E-state index is 0.0116. The van der Waals surface area contributed by atoms with Crippen LogP contribution in [-0.2, 0) is 14.4 Å². The molecule has 3 amide bonds. The Hall–Kier alpha value is -2.84. The van der Waals surface area contributed by atoms with E-state index in [1.54, 1.807) is 0 Å². The minimum atomic E-state index is -1.29. The molecular formula is C11H13N3O6. The molecule has 108 valence electrons. The van der Waals surface area contributed by atoms with Crippen molar-refractivity contribution in [2.24, 2.45) is 5.73 Å². The zero-order chi connectivity index (χ0) is 15.1. The maximum absolute atomic E-state index is 11.7. The van der Waals surface area contributed by atoms with E-state index in [-0.39, 0.29) is 5.76 Å². The lowest BCUT2D eigenvalue weighted by molar-refractivity contribution is -0.145. The molecule has 1 heterocycles. The summed E-state index contributed by atoms with van der Waals surface area (Å²) in [7, 11) is 0. The summed E-state index contributed by atoms with van der Waals surface area (Å²) >= 11 is 0. The highest BCUT2D eigenvalue weighted by Gasteiger charge is 2.19. The van der Waals surface area contributed by atoms with E-state index in [0.29, 0.717) is 0 Å². The van der Waals surface area contributed by atoms with E-state index in [9.17, 15) is 19.2 Å². The number of hydrogen-bond acceptors (Lipinski definition) is 5. The third kappa shape index (κ3) is 4.80. The molecular weight excluding hydrogens is 270 g/mol. The van der Waals surface area contributed by atoms with Crippen molar-refractivity contribution in [3.05, 3.63) is 24.2 Å². The number of aliphatic carboxylic acids is 1. The smallest absolute Gasteiger partial charge is 0.323 e. The number of carbonyl (C=O) groups excluding carboxylic acids is 3. The lowest BCUT2D eigenvalue weighted by atomic mass is 10.4. The Bertz CT molecular complexity index is 494. The van der Waals surface area contributed by atoms with Crippen LogP contribution in [-0.4, -0.2) is 53.3 Å². The van der Waals surface area contributed by atoms with E-state index >= 15 is 0 Å². The Morgan fingerprint density at radius 3 is 2.50 bits per heavy atom. The lowest BCUT2D eigenvalue weighted by Gasteiger charge is -2.18. The van der Waals surface area contributed by atoms with E-state index in [1.165, 1.54) is 18.4 Å². The molecule has 0 atom stereocenters. The number of hydrogen-bond donors (Lipinski definition) is 3. The van der Waals surface area contributed by atoms with Gasteiger partial charge in [-0.2, -0.15) is 0 Å². The molecule has 20 heavy (non-hydrogen) atoms. The number of carboxylic acid groups (broad SMARTS) is 1. The third-order valence-corrected chi connectivity index (χ3v) is 2.17. The fraction of sp³-hybridized carbons (Fsp3) is 0.273. The van der Waals surface area contributed by atoms with Crippen molar-refractivity contribution in [1.29, 1.82) is 0 Å². The van der Waals surface area contributed by atoms with Gasteiger partial charge in [0.1, 0.15) is 6.54 Å². The Labute approximate surface area is 113 Å². The summed E-state index contributed by atoms with van der Waals surface area (Å²) in [4.78, 5) is 45.2. The highest BCUT2D eigenvalue weighted by atomic mass is 16.4. The number of primary amides is 1. The molecule has 9 nitrogen and oxygen atoms in total. The van der Waals surface area contributed by atoms with Gasteiger partial charge in [-0.3, -0.25) is 19.2 Å². The normalized spacial score (nSPS) is 9.80. The monoisotopic (exact) mass is 283 g/mol. The van der Waals surface area contributed by atoms with Gasteiger partial charge in [-0.15, -0.1) is 0 Å². The summed E-state index contributed by atoms with van der Waals surface area (Å²) in [5.74, 6) is -3.50. The molecule has 0 saturated carbocycles. The first kappa shape index (κ1) is 15.2. The predicted octanol–water partition coefficient (Wildman–Crippen LogP) is -1.59. The van der Waals surface area contributed by atoms with Gasteiger partial charge in [0, 0.05) is 0 Å². The molecule has 0 aliphatic rings. The molecule has 9 heteroatoms. The molecule has 1 rings (SSSR count). The summed E-state index contributed by atoms with van der Waals surface area (Å²) in [6.07, 6.45) is 1.29. The average molecular weight is 283 g/mol. The molecule has 0 aliphatic carbocycles. The quantitative estimate of drug-likeness (QED) is 0.550. The Balaban J connectivity index is 2.55. The number of nitrogens with one attached hydrogen (secondary N) is 1. The number of rotatable bonds is 7. The zero-order valence-electron chi connectivity index (χ0n) is 10.4. The van der Waals surface area contributed by atoms with Crippen molar-refractivity contribution in [3.63, 3.8) is 0 Å². The number of carboxylic acids is 1. The molecule has 1 aromatic rings. The number of carbonyl (C=O) groups is 4. The number of nitrogens with zero attached hydrogens (tertiary/aromatic N) is 1. The van der Waals surface area contributed by atoms with Crippen molar-refractivity contribution in [3.8, 4) is 0 Å². The van der Waals surface area contributed by atoms with Crippen molar-refractivity contribution in [2.75, 3.05) is 19.6 Å². The van der Waals surface area contributed by atoms with Gasteiger partial charge in [-0.25, -0.2) is 0 Å². The fourth-order valence-corrected chi connectivity index (χ4v) is 1.35. The average Bonchev–Trinajstić information content (AvgIpc) is 2.87. The number of furan rings is 1. The van der Waals surface area contributed by atoms with Gasteiger partial charge >= 0.3 is 5.97 Å². The van der Waals surface area contributed by atoms with Crippen molar-refractivity contribution in [1.82, 2.24) is 10.2 Å². The van der Waals surface area contributed by atoms with Crippen molar-refractivity contribution in [2.45, 2.75) is 0 Å². The van der Waals surface area contributed by atoms with E-state index in [2.05, 4.69) is 5.32 Å². The maximum Gasteiger partial charge on any atom is 0.323 e. The van der Waals surface area contributed by atoms with E-state index < -0.39 is 43.3 Å². The molecule has 0 bridgehead atoms. The highest BCUT2D eigenvalue weighted by molar-refractivity contribution is 5.95. The van der Waals surface area contributed by atoms with E-state index in [0.717, 1.165) is 4.90 Å². The predicted molar refractivity (Wildman–Crippen MR) is 64.5 cm³/mol. The van der Waals surface area contributed by atoms with Crippen LogP contribution in [0.15, 0.2) is 22.8 Å². The summed E-state index contributed by atoms with van der Waals surface area (Å²) in [6, 6.07) is 2.90. The first-order valence-corrected chi connectivity index (χ1v) is 5.49. The summed E-state index contributed by atoms with van der Waals surface area (Å²) < 4.78 is 4.81. The van der Waals surface area contributed by atoms with Gasteiger partial charge in [0.2, 0.25) is 11.8 Å². The van der Waals surface area contributed by atoms with Gasteiger partial charge in [-0.1, -0.05) is 0 Å². The van der Waals surface area contributed by atoms with Gasteiger partial charge in [-0.05, 0) is 12.1 Å². The Kier molecular flexibility index (Phi) is 5.27. The second-order valence-corrected chi connectivity index (χ2v) is 3.77. The molecule has 0 aromatic carbocycles. The van der Waals surface area contributed by atoms with Crippen LogP contribution < -0.4 is 11.1 Å². The van der Waals surface area contributed by atoms with E-state index in [1.807, 2.05) is 0 Å². The third-order valence-electron chi connectivity index (χ3n) is 2.17. The SMILES string of the molecule is NC(=O)CN(CC(=O)O)C(=O)CNC(=O)c1ccco1. The van der Waals surface area contributed by atoms with E-state index in [4.69, 9.17) is 15.3 Å². The summed E-state index contributed by atoms with van der Waals surface area (Å²) in [6.45, 7) is -1.69. The molecule has 0 spiro atoms. The second-order valence-electron chi connectivity index (χ2n) is 3.77. The van der Waals surface area contributed by atoms with Crippen LogP contribution in [0.4, 0.5) is 0 Å². The van der Waals surface area contributed by atoms with Crippen LogP contribution in [0.2, 0.25) is 0 Å². The van der Waals surface area contributed by atoms with Crippen LogP contribution in [0.1, 0.15) is 10.6 Å². The van der Waals surface area contributed by atoms with Crippen LogP contribution in [0.5, 0.6) is 0 Å². The van der Waals surface area contributed by atoms with Crippen molar-refractivity contribution < 1.29 is 28.7 Å². The van der Waals surface area contributed by atoms with Crippen LogP contribution >= 0.6 is 0 Å². The van der Waals surface area contributed by atoms with Crippen molar-refractivity contribution >= 4 is 23.7 Å². The minimum Gasteiger partial charge on any atom is -0.480 e. The topological polar surface area (TPSA) is 143 Å². The molecule has 0 radical (unpaired) electrons. The summed E-state index contributed by atoms with van der Waals surface area (Å²) in [5, 5.41) is 10.9. The Morgan fingerprint density at radius 1 is 1.30 bits per heavy atom. The number of amides is 3. The van der Waals surface area contributed by atoms with Gasteiger partial charge in [0.05, 0.1) is 19.4 Å². The van der Waals surface area contributed by atoms with Crippen LogP contribution in [0.3, 0.4) is 0 Å². The maximum atomic E-state index is 11.7. The fourth-order valence-electron chi connectivity index (χ4n) is 1.35. The van der Waals surface area contributed by atoms with Gasteiger partial charge in [0.15, 0.2) is 5.76 Å². The molecule has 0 unspecified atom stereocenters. The zero-order valence-corrected chi connectivity index (χ0v) is 10.4. The molecule has 0 fully saturated rings.